The van der Waals surface area contributed by atoms with Crippen LogP contribution in [0.15, 0.2) is 39.8 Å². The molecule has 2 aromatic rings. The Morgan fingerprint density at radius 1 is 1.22 bits per heavy atom. The van der Waals surface area contributed by atoms with Crippen molar-refractivity contribution < 1.29 is 9.47 Å². The van der Waals surface area contributed by atoms with Gasteiger partial charge in [-0.2, -0.15) is 0 Å². The van der Waals surface area contributed by atoms with Gasteiger partial charge in [0.2, 0.25) is 6.79 Å². The largest absolute Gasteiger partial charge is 0.454 e. The third kappa shape index (κ3) is 3.59. The van der Waals surface area contributed by atoms with Crippen LogP contribution in [-0.4, -0.2) is 12.8 Å². The third-order valence-electron chi connectivity index (χ3n) is 3.70. The molecule has 23 heavy (non-hydrogen) atoms. The molecular formula is C17H18BrN3O2. The van der Waals surface area contributed by atoms with Crippen LogP contribution in [0, 0.1) is 13.8 Å². The van der Waals surface area contributed by atoms with Crippen LogP contribution < -0.4 is 20.5 Å². The summed E-state index contributed by atoms with van der Waals surface area (Å²) < 4.78 is 11.6. The predicted molar refractivity (Wildman–Crippen MR) is 95.1 cm³/mol. The topological polar surface area (TPSA) is 68.9 Å². The Bertz CT molecular complexity index is 775. The van der Waals surface area contributed by atoms with Gasteiger partial charge in [0.1, 0.15) is 0 Å². The number of nitrogens with zero attached hydrogens (tertiary/aromatic N) is 1. The molecule has 0 spiro atoms. The van der Waals surface area contributed by atoms with Gasteiger partial charge in [-0.25, -0.2) is 4.99 Å². The van der Waals surface area contributed by atoms with Gasteiger partial charge in [0.15, 0.2) is 17.5 Å². The standard InChI is InChI=1S/C17H18BrN3O2/c1-10-3-4-13(5-11(10)2)21-17(19)20-8-12-6-14(18)16-15(7-12)22-9-23-16/h3-7H,8-9H2,1-2H3,(H3,19,20,21). The Morgan fingerprint density at radius 2 is 2.04 bits per heavy atom. The second-order valence-electron chi connectivity index (χ2n) is 5.44. The zero-order valence-corrected chi connectivity index (χ0v) is 14.6. The second kappa shape index (κ2) is 6.50. The van der Waals surface area contributed by atoms with E-state index in [2.05, 4.69) is 52.2 Å². The number of aliphatic imine (C=N–C) groups is 1. The maximum Gasteiger partial charge on any atom is 0.231 e. The highest BCUT2D eigenvalue weighted by Gasteiger charge is 2.17. The Hall–Kier alpha value is -2.21. The summed E-state index contributed by atoms with van der Waals surface area (Å²) in [5.41, 5.74) is 10.3. The van der Waals surface area contributed by atoms with Gasteiger partial charge >= 0.3 is 0 Å². The summed E-state index contributed by atoms with van der Waals surface area (Å²) in [6.07, 6.45) is 0. The van der Waals surface area contributed by atoms with Gasteiger partial charge in [-0.05, 0) is 70.7 Å². The first-order valence-electron chi connectivity index (χ1n) is 7.25. The number of ether oxygens (including phenoxy) is 2. The highest BCUT2D eigenvalue weighted by atomic mass is 79.9. The van der Waals surface area contributed by atoms with Gasteiger partial charge < -0.3 is 20.5 Å². The molecule has 1 heterocycles. The van der Waals surface area contributed by atoms with Crippen LogP contribution in [0.1, 0.15) is 16.7 Å². The fourth-order valence-corrected chi connectivity index (χ4v) is 2.90. The Morgan fingerprint density at radius 3 is 2.83 bits per heavy atom. The normalized spacial score (nSPS) is 13.3. The van der Waals surface area contributed by atoms with E-state index in [1.165, 1.54) is 11.1 Å². The summed E-state index contributed by atoms with van der Waals surface area (Å²) in [6, 6.07) is 9.97. The molecule has 0 radical (unpaired) electrons. The van der Waals surface area contributed by atoms with Crippen LogP contribution in [0.2, 0.25) is 0 Å². The van der Waals surface area contributed by atoms with Crippen molar-refractivity contribution in [1.29, 1.82) is 0 Å². The summed E-state index contributed by atoms with van der Waals surface area (Å²) in [4.78, 5) is 4.37. The first kappa shape index (κ1) is 15.7. The van der Waals surface area contributed by atoms with Crippen LogP contribution in [0.3, 0.4) is 0 Å². The first-order chi connectivity index (χ1) is 11.0. The van der Waals surface area contributed by atoms with E-state index >= 15 is 0 Å². The van der Waals surface area contributed by atoms with Crippen LogP contribution in [-0.2, 0) is 6.54 Å². The molecule has 0 aromatic heterocycles. The van der Waals surface area contributed by atoms with E-state index in [1.807, 2.05) is 18.2 Å². The molecule has 3 N–H and O–H groups in total. The average Bonchev–Trinajstić information content (AvgIpc) is 2.98. The van der Waals surface area contributed by atoms with Crippen molar-refractivity contribution in [3.63, 3.8) is 0 Å². The van der Waals surface area contributed by atoms with Gasteiger partial charge in [0.25, 0.3) is 0 Å². The minimum Gasteiger partial charge on any atom is -0.454 e. The van der Waals surface area contributed by atoms with E-state index in [-0.39, 0.29) is 6.79 Å². The van der Waals surface area contributed by atoms with Crippen molar-refractivity contribution in [2.75, 3.05) is 12.1 Å². The van der Waals surface area contributed by atoms with E-state index in [0.717, 1.165) is 27.2 Å². The highest BCUT2D eigenvalue weighted by Crippen LogP contribution is 2.40. The zero-order chi connectivity index (χ0) is 16.4. The van der Waals surface area contributed by atoms with Crippen LogP contribution in [0.4, 0.5) is 5.69 Å². The summed E-state index contributed by atoms with van der Waals surface area (Å²) in [7, 11) is 0. The molecule has 0 atom stereocenters. The van der Waals surface area contributed by atoms with Crippen molar-refractivity contribution in [1.82, 2.24) is 0 Å². The molecule has 0 amide bonds. The molecule has 6 heteroatoms. The smallest absolute Gasteiger partial charge is 0.231 e. The molecule has 2 aromatic carbocycles. The number of benzene rings is 2. The predicted octanol–water partition coefficient (Wildman–Crippen LogP) is 3.72. The van der Waals surface area contributed by atoms with Gasteiger partial charge in [0.05, 0.1) is 11.0 Å². The number of halogens is 1. The number of aryl methyl sites for hydroxylation is 2. The van der Waals surface area contributed by atoms with E-state index in [9.17, 15) is 0 Å². The maximum absolute atomic E-state index is 5.96. The number of anilines is 1. The number of fused-ring (bicyclic) bond motifs is 1. The number of rotatable bonds is 3. The number of hydrogen-bond donors (Lipinski definition) is 2. The maximum atomic E-state index is 5.96. The highest BCUT2D eigenvalue weighted by molar-refractivity contribution is 9.10. The van der Waals surface area contributed by atoms with Gasteiger partial charge in [-0.15, -0.1) is 0 Å². The van der Waals surface area contributed by atoms with Gasteiger partial charge in [-0.1, -0.05) is 6.07 Å². The Balaban J connectivity index is 1.70. The average molecular weight is 376 g/mol. The quantitative estimate of drug-likeness (QED) is 0.633. The summed E-state index contributed by atoms with van der Waals surface area (Å²) in [5, 5.41) is 3.11. The van der Waals surface area contributed by atoms with Crippen molar-refractivity contribution >= 4 is 27.6 Å². The number of nitrogens with one attached hydrogen (secondary N) is 1. The van der Waals surface area contributed by atoms with E-state index in [0.29, 0.717) is 12.5 Å². The lowest BCUT2D eigenvalue weighted by Crippen LogP contribution is -2.22. The summed E-state index contributed by atoms with van der Waals surface area (Å²) >= 11 is 3.47. The van der Waals surface area contributed by atoms with Gasteiger partial charge in [-0.3, -0.25) is 0 Å². The number of guanidine groups is 1. The molecule has 0 bridgehead atoms. The molecular weight excluding hydrogens is 358 g/mol. The molecule has 0 aliphatic carbocycles. The molecule has 5 nitrogen and oxygen atoms in total. The van der Waals surface area contributed by atoms with E-state index in [1.54, 1.807) is 0 Å². The molecule has 0 saturated carbocycles. The minimum atomic E-state index is 0.247. The number of nitrogens with two attached hydrogens (primary N) is 1. The van der Waals surface area contributed by atoms with E-state index < -0.39 is 0 Å². The fourth-order valence-electron chi connectivity index (χ4n) is 2.30. The van der Waals surface area contributed by atoms with Crippen LogP contribution >= 0.6 is 15.9 Å². The lowest BCUT2D eigenvalue weighted by atomic mass is 10.1. The minimum absolute atomic E-state index is 0.247. The second-order valence-corrected chi connectivity index (χ2v) is 6.29. The van der Waals surface area contributed by atoms with E-state index in [4.69, 9.17) is 15.2 Å². The van der Waals surface area contributed by atoms with Crippen LogP contribution in [0.5, 0.6) is 11.5 Å². The van der Waals surface area contributed by atoms with Crippen molar-refractivity contribution in [3.05, 3.63) is 51.5 Å². The lowest BCUT2D eigenvalue weighted by Gasteiger charge is -2.08. The van der Waals surface area contributed by atoms with Crippen molar-refractivity contribution in [3.8, 4) is 11.5 Å². The fraction of sp³-hybridized carbons (Fsp3) is 0.235. The Labute approximate surface area is 143 Å². The molecule has 1 aliphatic rings. The molecule has 120 valence electrons. The molecule has 1 aliphatic heterocycles. The molecule has 0 fully saturated rings. The Kier molecular flexibility index (Phi) is 4.43. The third-order valence-corrected chi connectivity index (χ3v) is 4.29. The molecule has 0 unspecified atom stereocenters. The molecule has 0 saturated heterocycles. The lowest BCUT2D eigenvalue weighted by molar-refractivity contribution is 0.173. The van der Waals surface area contributed by atoms with Crippen molar-refractivity contribution in [2.45, 2.75) is 20.4 Å². The van der Waals surface area contributed by atoms with Gasteiger partial charge in [0, 0.05) is 5.69 Å². The monoisotopic (exact) mass is 375 g/mol. The van der Waals surface area contributed by atoms with Crippen LogP contribution in [0.25, 0.3) is 0 Å². The first-order valence-corrected chi connectivity index (χ1v) is 8.04. The van der Waals surface area contributed by atoms with Crippen molar-refractivity contribution in [2.24, 2.45) is 10.7 Å². The summed E-state index contributed by atoms with van der Waals surface area (Å²) in [6.45, 7) is 4.85. The number of hydrogen-bond acceptors (Lipinski definition) is 3. The molecule has 3 rings (SSSR count). The summed E-state index contributed by atoms with van der Waals surface area (Å²) in [5.74, 6) is 1.84. The zero-order valence-electron chi connectivity index (χ0n) is 13.0. The SMILES string of the molecule is Cc1ccc(NC(N)=NCc2cc(Br)c3c(c2)OCO3)cc1C.